The van der Waals surface area contributed by atoms with Crippen LogP contribution in [0.1, 0.15) is 12.3 Å². The molecule has 0 saturated heterocycles. The van der Waals surface area contributed by atoms with E-state index in [1.165, 1.54) is 0 Å². The Labute approximate surface area is 340 Å². The topological polar surface area (TPSA) is 43.6 Å². The van der Waals surface area contributed by atoms with Gasteiger partial charge in [-0.15, -0.1) is 11.3 Å². The summed E-state index contributed by atoms with van der Waals surface area (Å²) in [7, 11) is 0. The molecule has 0 spiro atoms. The van der Waals surface area contributed by atoms with Gasteiger partial charge in [0.1, 0.15) is 0 Å². The van der Waals surface area contributed by atoms with Gasteiger partial charge in [0.25, 0.3) is 0 Å². The van der Waals surface area contributed by atoms with E-state index in [2.05, 4.69) is 30.3 Å². The van der Waals surface area contributed by atoms with Crippen molar-refractivity contribution in [2.24, 2.45) is 0 Å². The highest BCUT2D eigenvalue weighted by atomic mass is 32.1. The lowest BCUT2D eigenvalue weighted by Gasteiger charge is -2.12. The van der Waals surface area contributed by atoms with Gasteiger partial charge in [-0.25, -0.2) is 15.0 Å². The van der Waals surface area contributed by atoms with Gasteiger partial charge in [0.05, 0.1) is 23.4 Å². The zero-order valence-corrected chi connectivity index (χ0v) is 30.3. The first-order valence-electron chi connectivity index (χ1n) is 22.5. The highest BCUT2D eigenvalue weighted by molar-refractivity contribution is 7.25. The average molecular weight is 742 g/mol. The van der Waals surface area contributed by atoms with E-state index in [4.69, 9.17) is 24.5 Å². The molecule has 5 heteroatoms. The molecule has 8 aromatic carbocycles. The second-order valence-electron chi connectivity index (χ2n) is 13.3. The molecule has 0 atom stereocenters. The van der Waals surface area contributed by atoms with Crippen LogP contribution in [0.4, 0.5) is 0 Å². The van der Waals surface area contributed by atoms with Crippen LogP contribution in [0.3, 0.4) is 0 Å². The number of fused-ring (bicyclic) bond motifs is 6. The van der Waals surface area contributed by atoms with Crippen molar-refractivity contribution >= 4 is 53.3 Å². The Hall–Kier alpha value is -7.21. The Morgan fingerprint density at radius 2 is 1.05 bits per heavy atom. The Morgan fingerprint density at radius 3 is 1.93 bits per heavy atom. The zero-order valence-electron chi connectivity index (χ0n) is 38.5. The van der Waals surface area contributed by atoms with Crippen LogP contribution >= 0.6 is 11.3 Å². The third-order valence-electron chi connectivity index (χ3n) is 10.1. The molecular formula is C51H32N4S. The molecule has 0 unspecified atom stereocenters. The van der Waals surface area contributed by atoms with Crippen molar-refractivity contribution in [3.05, 3.63) is 194 Å². The Bertz CT molecular complexity index is 3750. The van der Waals surface area contributed by atoms with E-state index < -0.39 is 42.3 Å². The number of nitrogens with zero attached hydrogens (tertiary/aromatic N) is 4. The van der Waals surface area contributed by atoms with Gasteiger partial charge in [0, 0.05) is 53.3 Å². The molecule has 0 amide bonds. The Morgan fingerprint density at radius 1 is 0.411 bits per heavy atom. The highest BCUT2D eigenvalue weighted by Crippen LogP contribution is 2.41. The van der Waals surface area contributed by atoms with E-state index in [0.717, 1.165) is 42.4 Å². The Balaban J connectivity index is 1.16. The molecule has 3 heterocycles. The van der Waals surface area contributed by atoms with Crippen LogP contribution in [0.25, 0.3) is 104 Å². The number of hydrogen-bond acceptors (Lipinski definition) is 4. The summed E-state index contributed by atoms with van der Waals surface area (Å²) in [6.07, 6.45) is 0. The summed E-state index contributed by atoms with van der Waals surface area (Å²) in [4.78, 5) is 15.4. The van der Waals surface area contributed by atoms with Gasteiger partial charge in [0.2, 0.25) is 0 Å². The van der Waals surface area contributed by atoms with Crippen molar-refractivity contribution in [1.29, 1.82) is 0 Å². The second-order valence-corrected chi connectivity index (χ2v) is 14.4. The lowest BCUT2D eigenvalue weighted by Crippen LogP contribution is -2.01. The smallest absolute Gasteiger partial charge is 0.164 e. The Kier molecular flexibility index (Phi) is 5.75. The van der Waals surface area contributed by atoms with E-state index in [1.807, 2.05) is 91.0 Å². The van der Waals surface area contributed by atoms with Gasteiger partial charge in [-0.3, -0.25) is 0 Å². The molecule has 0 aliphatic heterocycles. The summed E-state index contributed by atoms with van der Waals surface area (Å²) >= 11 is 1.70. The van der Waals surface area contributed by atoms with E-state index in [1.54, 1.807) is 34.1 Å². The fraction of sp³-hybridized carbons (Fsp3) is 0. The fourth-order valence-electron chi connectivity index (χ4n) is 7.57. The minimum Gasteiger partial charge on any atom is -0.309 e. The molecule has 0 N–H and O–H groups in total. The minimum atomic E-state index is -0.536. The van der Waals surface area contributed by atoms with Crippen molar-refractivity contribution in [3.63, 3.8) is 0 Å². The van der Waals surface area contributed by atoms with Crippen LogP contribution in [-0.4, -0.2) is 19.5 Å². The molecule has 0 radical (unpaired) electrons. The molecule has 0 bridgehead atoms. The molecule has 0 aliphatic rings. The molecule has 56 heavy (non-hydrogen) atoms. The fourth-order valence-corrected chi connectivity index (χ4v) is 8.70. The first-order valence-corrected chi connectivity index (χ1v) is 18.9. The van der Waals surface area contributed by atoms with Crippen molar-refractivity contribution < 1.29 is 12.3 Å². The first kappa shape index (κ1) is 24.2. The predicted octanol–water partition coefficient (Wildman–Crippen LogP) is 13.7. The monoisotopic (exact) mass is 741 g/mol. The van der Waals surface area contributed by atoms with Crippen LogP contribution in [-0.2, 0) is 0 Å². The lowest BCUT2D eigenvalue weighted by molar-refractivity contribution is 1.07. The zero-order chi connectivity index (χ0) is 44.8. The lowest BCUT2D eigenvalue weighted by atomic mass is 9.99. The van der Waals surface area contributed by atoms with Crippen molar-refractivity contribution in [2.45, 2.75) is 0 Å². The van der Waals surface area contributed by atoms with Crippen LogP contribution in [0.2, 0.25) is 0 Å². The number of para-hydroxylation sites is 1. The van der Waals surface area contributed by atoms with Crippen LogP contribution in [0.15, 0.2) is 194 Å². The van der Waals surface area contributed by atoms with Crippen LogP contribution in [0.5, 0.6) is 0 Å². The SMILES string of the molecule is [2H]c1c([2H])c([2H])c(-c2cccc3c2c2c([2H])c([2H])c([2H])c([2H])c2n3-c2cccc(-c3nc(-c4ccc(-c5ccccc5)cc4)nc(-c4cccc5sc6ccccc6c45)n3)c2)c([2H])c1[2H]. The normalized spacial score (nSPS) is 13.8. The van der Waals surface area contributed by atoms with Gasteiger partial charge < -0.3 is 4.57 Å². The summed E-state index contributed by atoms with van der Waals surface area (Å²) in [6.45, 7) is 0. The molecule has 0 fully saturated rings. The number of aromatic nitrogens is 4. The molecule has 11 aromatic rings. The maximum atomic E-state index is 9.25. The van der Waals surface area contributed by atoms with E-state index >= 15 is 0 Å². The predicted molar refractivity (Wildman–Crippen MR) is 234 cm³/mol. The van der Waals surface area contributed by atoms with Crippen LogP contribution < -0.4 is 0 Å². The first-order chi connectivity index (χ1) is 31.5. The standard InChI is InChI=1S/C51H32N4S/c1-3-14-33(15-4-1)34-28-30-36(31-29-34)49-52-50(54-51(53-49)42-23-13-27-46-48(42)41-21-8-10-26-45(41)56-46)37-18-11-19-38(32-37)55-43-24-9-7-20-40(43)47-39(22-12-25-44(47)55)35-16-5-2-6-17-35/h1-32H/i2D,5D,6D,7D,9D,16D,17D,20D,24D. The maximum absolute atomic E-state index is 9.25. The highest BCUT2D eigenvalue weighted by Gasteiger charge is 2.19. The van der Waals surface area contributed by atoms with Crippen LogP contribution in [0, 0.1) is 0 Å². The summed E-state index contributed by atoms with van der Waals surface area (Å²) in [5, 5.41) is 2.61. The van der Waals surface area contributed by atoms with E-state index in [0.29, 0.717) is 39.6 Å². The van der Waals surface area contributed by atoms with Crippen molar-refractivity contribution in [1.82, 2.24) is 19.5 Å². The number of thiophene rings is 1. The maximum Gasteiger partial charge on any atom is 0.164 e. The molecule has 0 saturated carbocycles. The van der Waals surface area contributed by atoms with Crippen molar-refractivity contribution in [3.8, 4) is 62.1 Å². The molecule has 0 aliphatic carbocycles. The molecule has 11 rings (SSSR count). The van der Waals surface area contributed by atoms with Gasteiger partial charge in [-0.2, -0.15) is 0 Å². The minimum absolute atomic E-state index is 0.0720. The molecule has 4 nitrogen and oxygen atoms in total. The van der Waals surface area contributed by atoms with Gasteiger partial charge in [-0.05, 0) is 58.6 Å². The van der Waals surface area contributed by atoms with E-state index in [-0.39, 0.29) is 34.1 Å². The van der Waals surface area contributed by atoms with Gasteiger partial charge in [0.15, 0.2) is 17.5 Å². The number of benzene rings is 8. The third kappa shape index (κ3) is 5.40. The van der Waals surface area contributed by atoms with Gasteiger partial charge in [-0.1, -0.05) is 158 Å². The van der Waals surface area contributed by atoms with E-state index in [9.17, 15) is 2.74 Å². The summed E-state index contributed by atoms with van der Waals surface area (Å²) in [5.74, 6) is 1.31. The third-order valence-corrected chi connectivity index (χ3v) is 11.2. The number of hydrogen-bond donors (Lipinski definition) is 0. The van der Waals surface area contributed by atoms with Gasteiger partial charge >= 0.3 is 0 Å². The summed E-state index contributed by atoms with van der Waals surface area (Å²) in [5.41, 5.74) is 5.66. The average Bonchev–Trinajstić information content (AvgIpc) is 3.91. The van der Waals surface area contributed by atoms with Crippen molar-refractivity contribution in [2.75, 3.05) is 0 Å². The molecular weight excluding hydrogens is 701 g/mol. The second kappa shape index (κ2) is 13.3. The quantitative estimate of drug-likeness (QED) is 0.170. The largest absolute Gasteiger partial charge is 0.309 e. The molecule has 3 aromatic heterocycles. The summed E-state index contributed by atoms with van der Waals surface area (Å²) in [6, 6.07) is 41.2. The number of rotatable bonds is 6. The molecule has 262 valence electrons. The summed E-state index contributed by atoms with van der Waals surface area (Å²) < 4.78 is 82.7.